The number of nitrogens with one attached hydrogen (secondary N) is 1. The molecule has 1 N–H and O–H groups in total. The standard InChI is InChI=1S/C11H12N2/c1-2-4-10-8(3-1)9-5-6-12-7-11(9)13-10/h1-4,7,9,11,13H,5-6H2. The van der Waals surface area contributed by atoms with Gasteiger partial charge in [-0.05, 0) is 18.1 Å². The van der Waals surface area contributed by atoms with Crippen LogP contribution in [0.25, 0.3) is 0 Å². The first kappa shape index (κ1) is 7.13. The van der Waals surface area contributed by atoms with Crippen molar-refractivity contribution in [3.63, 3.8) is 0 Å². The molecule has 2 heteroatoms. The predicted molar refractivity (Wildman–Crippen MR) is 54.6 cm³/mol. The number of benzene rings is 1. The summed E-state index contributed by atoms with van der Waals surface area (Å²) in [6.07, 6.45) is 3.25. The highest BCUT2D eigenvalue weighted by molar-refractivity contribution is 5.77. The van der Waals surface area contributed by atoms with E-state index in [4.69, 9.17) is 0 Å². The van der Waals surface area contributed by atoms with Gasteiger partial charge in [0.15, 0.2) is 0 Å². The number of para-hydroxylation sites is 1. The van der Waals surface area contributed by atoms with Crippen molar-refractivity contribution >= 4 is 11.9 Å². The Labute approximate surface area is 77.7 Å². The van der Waals surface area contributed by atoms with Crippen molar-refractivity contribution in [3.8, 4) is 0 Å². The summed E-state index contributed by atoms with van der Waals surface area (Å²) in [5.41, 5.74) is 2.77. The topological polar surface area (TPSA) is 24.4 Å². The van der Waals surface area contributed by atoms with Crippen molar-refractivity contribution < 1.29 is 0 Å². The third-order valence-corrected chi connectivity index (χ3v) is 2.95. The molecular weight excluding hydrogens is 160 g/mol. The summed E-state index contributed by atoms with van der Waals surface area (Å²) < 4.78 is 0. The van der Waals surface area contributed by atoms with E-state index in [1.807, 2.05) is 0 Å². The zero-order chi connectivity index (χ0) is 8.67. The zero-order valence-electron chi connectivity index (χ0n) is 7.40. The van der Waals surface area contributed by atoms with Crippen molar-refractivity contribution in [1.29, 1.82) is 0 Å². The molecule has 0 aliphatic carbocycles. The van der Waals surface area contributed by atoms with Gasteiger partial charge in [-0.1, -0.05) is 18.2 Å². The predicted octanol–water partition coefficient (Wildman–Crippen LogP) is 2.04. The molecule has 1 aromatic rings. The van der Waals surface area contributed by atoms with Gasteiger partial charge in [0, 0.05) is 24.4 Å². The maximum Gasteiger partial charge on any atom is 0.0681 e. The number of anilines is 1. The summed E-state index contributed by atoms with van der Waals surface area (Å²) in [5, 5.41) is 3.49. The van der Waals surface area contributed by atoms with Crippen LogP contribution in [0.15, 0.2) is 29.3 Å². The van der Waals surface area contributed by atoms with Gasteiger partial charge in [0.2, 0.25) is 0 Å². The van der Waals surface area contributed by atoms with Gasteiger partial charge in [-0.3, -0.25) is 4.99 Å². The van der Waals surface area contributed by atoms with E-state index >= 15 is 0 Å². The molecule has 2 unspecified atom stereocenters. The van der Waals surface area contributed by atoms with Crippen LogP contribution in [-0.2, 0) is 0 Å². The van der Waals surface area contributed by atoms with Crippen molar-refractivity contribution in [1.82, 2.24) is 0 Å². The van der Waals surface area contributed by atoms with Gasteiger partial charge in [0.25, 0.3) is 0 Å². The third-order valence-electron chi connectivity index (χ3n) is 2.95. The molecule has 3 rings (SSSR count). The summed E-state index contributed by atoms with van der Waals surface area (Å²) in [5.74, 6) is 0.661. The van der Waals surface area contributed by atoms with E-state index < -0.39 is 0 Å². The lowest BCUT2D eigenvalue weighted by Gasteiger charge is -2.19. The molecule has 2 aliphatic rings. The number of aliphatic imine (C=N–C) groups is 1. The fraction of sp³-hybridized carbons (Fsp3) is 0.364. The molecule has 0 spiro atoms. The molecule has 2 nitrogen and oxygen atoms in total. The first-order valence-electron chi connectivity index (χ1n) is 4.80. The lowest BCUT2D eigenvalue weighted by molar-refractivity contribution is 0.622. The third kappa shape index (κ3) is 0.981. The van der Waals surface area contributed by atoms with Gasteiger partial charge in [-0.15, -0.1) is 0 Å². The zero-order valence-corrected chi connectivity index (χ0v) is 7.40. The molecule has 0 bridgehead atoms. The van der Waals surface area contributed by atoms with Crippen LogP contribution in [0.3, 0.4) is 0 Å². The molecule has 66 valence electrons. The van der Waals surface area contributed by atoms with Gasteiger partial charge < -0.3 is 5.32 Å². The Morgan fingerprint density at radius 2 is 2.23 bits per heavy atom. The van der Waals surface area contributed by atoms with E-state index in [1.165, 1.54) is 17.7 Å². The van der Waals surface area contributed by atoms with Crippen LogP contribution in [0.5, 0.6) is 0 Å². The molecule has 2 aliphatic heterocycles. The maximum absolute atomic E-state index is 4.32. The second-order valence-electron chi connectivity index (χ2n) is 3.71. The lowest BCUT2D eigenvalue weighted by Crippen LogP contribution is -2.26. The van der Waals surface area contributed by atoms with Crippen LogP contribution in [0.2, 0.25) is 0 Å². The largest absolute Gasteiger partial charge is 0.376 e. The second kappa shape index (κ2) is 2.59. The van der Waals surface area contributed by atoms with E-state index in [9.17, 15) is 0 Å². The van der Waals surface area contributed by atoms with E-state index in [0.29, 0.717) is 12.0 Å². The molecule has 0 aromatic heterocycles. The van der Waals surface area contributed by atoms with Gasteiger partial charge in [0.1, 0.15) is 0 Å². The van der Waals surface area contributed by atoms with Gasteiger partial charge in [0.05, 0.1) is 6.04 Å². The van der Waals surface area contributed by atoms with E-state index in [2.05, 4.69) is 40.8 Å². The first-order valence-corrected chi connectivity index (χ1v) is 4.80. The maximum atomic E-state index is 4.32. The smallest absolute Gasteiger partial charge is 0.0681 e. The van der Waals surface area contributed by atoms with Gasteiger partial charge in [-0.25, -0.2) is 0 Å². The summed E-state index contributed by atoms with van der Waals surface area (Å²) >= 11 is 0. The molecule has 1 aromatic carbocycles. The minimum atomic E-state index is 0.450. The van der Waals surface area contributed by atoms with E-state index in [0.717, 1.165) is 6.54 Å². The summed E-state index contributed by atoms with van der Waals surface area (Å²) in [7, 11) is 0. The van der Waals surface area contributed by atoms with Crippen LogP contribution >= 0.6 is 0 Å². The van der Waals surface area contributed by atoms with Gasteiger partial charge >= 0.3 is 0 Å². The molecule has 0 saturated carbocycles. The number of hydrogen-bond donors (Lipinski definition) is 1. The molecular formula is C11H12N2. The monoisotopic (exact) mass is 172 g/mol. The van der Waals surface area contributed by atoms with Crippen molar-refractivity contribution in [2.45, 2.75) is 18.4 Å². The second-order valence-corrected chi connectivity index (χ2v) is 3.71. The Hall–Kier alpha value is -1.31. The molecule has 0 radical (unpaired) electrons. The average molecular weight is 172 g/mol. The minimum absolute atomic E-state index is 0.450. The van der Waals surface area contributed by atoms with Crippen LogP contribution in [0.4, 0.5) is 5.69 Å². The number of fused-ring (bicyclic) bond motifs is 3. The lowest BCUT2D eigenvalue weighted by atomic mass is 9.91. The van der Waals surface area contributed by atoms with Gasteiger partial charge in [-0.2, -0.15) is 0 Å². The Balaban J connectivity index is 2.07. The fourth-order valence-corrected chi connectivity index (χ4v) is 2.30. The Morgan fingerprint density at radius 1 is 1.31 bits per heavy atom. The highest BCUT2D eigenvalue weighted by Gasteiger charge is 2.31. The Bertz CT molecular complexity index is 357. The van der Waals surface area contributed by atoms with Crippen molar-refractivity contribution in [3.05, 3.63) is 29.8 Å². The summed E-state index contributed by atoms with van der Waals surface area (Å²) in [6.45, 7) is 0.983. The molecule has 13 heavy (non-hydrogen) atoms. The average Bonchev–Trinajstić information content (AvgIpc) is 2.56. The van der Waals surface area contributed by atoms with E-state index in [1.54, 1.807) is 0 Å². The van der Waals surface area contributed by atoms with Crippen molar-refractivity contribution in [2.24, 2.45) is 4.99 Å². The van der Waals surface area contributed by atoms with Crippen molar-refractivity contribution in [2.75, 3.05) is 11.9 Å². The van der Waals surface area contributed by atoms with Crippen LogP contribution in [0, 0.1) is 0 Å². The normalized spacial score (nSPS) is 29.2. The van der Waals surface area contributed by atoms with Crippen LogP contribution in [-0.4, -0.2) is 18.8 Å². The number of nitrogens with zero attached hydrogens (tertiary/aromatic N) is 1. The molecule has 0 fully saturated rings. The van der Waals surface area contributed by atoms with E-state index in [-0.39, 0.29) is 0 Å². The quantitative estimate of drug-likeness (QED) is 0.636. The minimum Gasteiger partial charge on any atom is -0.376 e. The number of hydrogen-bond acceptors (Lipinski definition) is 2. The molecule has 0 amide bonds. The summed E-state index contributed by atoms with van der Waals surface area (Å²) in [4.78, 5) is 4.32. The first-order chi connectivity index (χ1) is 6.45. The highest BCUT2D eigenvalue weighted by atomic mass is 15.0. The molecule has 2 heterocycles. The Kier molecular flexibility index (Phi) is 1.42. The SMILES string of the molecule is C1=NCCC2c3ccccc3NC12. The molecule has 2 atom stereocenters. The molecule has 0 saturated heterocycles. The highest BCUT2D eigenvalue weighted by Crippen LogP contribution is 2.38. The summed E-state index contributed by atoms with van der Waals surface area (Å²) in [6, 6.07) is 9.04. The van der Waals surface area contributed by atoms with Crippen LogP contribution < -0.4 is 5.32 Å². The Morgan fingerprint density at radius 3 is 3.23 bits per heavy atom. The number of rotatable bonds is 0. The fourth-order valence-electron chi connectivity index (χ4n) is 2.30. The van der Waals surface area contributed by atoms with Crippen LogP contribution in [0.1, 0.15) is 17.9 Å².